The van der Waals surface area contributed by atoms with Crippen LogP contribution in [0.2, 0.25) is 0 Å². The number of benzene rings is 1. The van der Waals surface area contributed by atoms with Gasteiger partial charge in [0.1, 0.15) is 0 Å². The summed E-state index contributed by atoms with van der Waals surface area (Å²) in [5.41, 5.74) is 2.08. The standard InChI is InChI=1S/C16H20N6O5/c1-3-4-5-6-27-15-12(22(24)25)7-11(8-13(15)26-2)9-17-20-14-10-18-21-16(23)19-14/h7-10H,3-6H2,1-2H3,(H2,19,20,21,23)/b17-9+. The molecule has 11 heteroatoms. The summed E-state index contributed by atoms with van der Waals surface area (Å²) in [7, 11) is 1.41. The van der Waals surface area contributed by atoms with E-state index in [9.17, 15) is 14.9 Å². The van der Waals surface area contributed by atoms with Gasteiger partial charge >= 0.3 is 11.4 Å². The maximum absolute atomic E-state index is 11.4. The summed E-state index contributed by atoms with van der Waals surface area (Å²) in [5, 5.41) is 21.0. The van der Waals surface area contributed by atoms with Crippen molar-refractivity contribution < 1.29 is 14.4 Å². The van der Waals surface area contributed by atoms with Gasteiger partial charge in [0.15, 0.2) is 11.6 Å². The molecule has 0 saturated carbocycles. The number of methoxy groups -OCH3 is 1. The van der Waals surface area contributed by atoms with Crippen LogP contribution >= 0.6 is 0 Å². The summed E-state index contributed by atoms with van der Waals surface area (Å²) in [4.78, 5) is 25.5. The molecule has 0 aliphatic carbocycles. The molecule has 0 aliphatic rings. The first-order valence-corrected chi connectivity index (χ1v) is 8.25. The molecule has 0 aliphatic heterocycles. The number of H-pyrrole nitrogens is 1. The second-order valence-corrected chi connectivity index (χ2v) is 5.43. The fourth-order valence-electron chi connectivity index (χ4n) is 2.18. The van der Waals surface area contributed by atoms with Gasteiger partial charge in [-0.2, -0.15) is 15.2 Å². The van der Waals surface area contributed by atoms with Crippen LogP contribution in [0.4, 0.5) is 11.5 Å². The number of nitro benzene ring substituents is 1. The minimum atomic E-state index is -0.628. The lowest BCUT2D eigenvalue weighted by Gasteiger charge is -2.11. The maximum Gasteiger partial charge on any atom is 0.363 e. The minimum absolute atomic E-state index is 0.0872. The lowest BCUT2D eigenvalue weighted by atomic mass is 10.2. The van der Waals surface area contributed by atoms with E-state index < -0.39 is 10.6 Å². The lowest BCUT2D eigenvalue weighted by molar-refractivity contribution is -0.386. The number of nitro groups is 1. The molecule has 0 fully saturated rings. The van der Waals surface area contributed by atoms with E-state index in [2.05, 4.69) is 32.6 Å². The smallest absolute Gasteiger partial charge is 0.363 e. The molecular formula is C16H20N6O5. The second kappa shape index (κ2) is 9.85. The molecule has 1 heterocycles. The van der Waals surface area contributed by atoms with E-state index >= 15 is 0 Å². The average molecular weight is 376 g/mol. The predicted octanol–water partition coefficient (Wildman–Crippen LogP) is 2.10. The first-order chi connectivity index (χ1) is 13.0. The van der Waals surface area contributed by atoms with Crippen LogP contribution in [0.15, 0.2) is 28.2 Å². The maximum atomic E-state index is 11.4. The number of hydrogen-bond donors (Lipinski definition) is 2. The quantitative estimate of drug-likeness (QED) is 0.277. The fraction of sp³-hybridized carbons (Fsp3) is 0.375. The number of aromatic nitrogens is 3. The molecule has 11 nitrogen and oxygen atoms in total. The molecule has 1 aromatic carbocycles. The van der Waals surface area contributed by atoms with Crippen LogP contribution in [-0.2, 0) is 0 Å². The van der Waals surface area contributed by atoms with Crippen LogP contribution in [0.3, 0.4) is 0 Å². The normalized spacial score (nSPS) is 10.7. The highest BCUT2D eigenvalue weighted by Gasteiger charge is 2.22. The Bertz CT molecular complexity index is 867. The number of anilines is 1. The Morgan fingerprint density at radius 1 is 1.41 bits per heavy atom. The Balaban J connectivity index is 2.21. The van der Waals surface area contributed by atoms with Crippen molar-refractivity contribution in [2.75, 3.05) is 19.1 Å². The Kier molecular flexibility index (Phi) is 7.23. The molecular weight excluding hydrogens is 356 g/mol. The van der Waals surface area contributed by atoms with Gasteiger partial charge in [0.25, 0.3) is 0 Å². The largest absolute Gasteiger partial charge is 0.493 e. The molecule has 2 aromatic rings. The third-order valence-electron chi connectivity index (χ3n) is 3.43. The van der Waals surface area contributed by atoms with Crippen LogP contribution in [0.5, 0.6) is 11.5 Å². The van der Waals surface area contributed by atoms with Crippen molar-refractivity contribution in [2.45, 2.75) is 26.2 Å². The van der Waals surface area contributed by atoms with Crippen LogP contribution in [0, 0.1) is 10.1 Å². The molecule has 0 bridgehead atoms. The van der Waals surface area contributed by atoms with Gasteiger partial charge in [-0.05, 0) is 12.5 Å². The summed E-state index contributed by atoms with van der Waals surface area (Å²) in [6.45, 7) is 2.42. The zero-order valence-corrected chi connectivity index (χ0v) is 15.0. The molecule has 0 atom stereocenters. The molecule has 0 unspecified atom stereocenters. The Morgan fingerprint density at radius 3 is 2.89 bits per heavy atom. The van der Waals surface area contributed by atoms with Crippen molar-refractivity contribution in [3.05, 3.63) is 44.5 Å². The number of unbranched alkanes of at least 4 members (excludes halogenated alkanes) is 2. The lowest BCUT2D eigenvalue weighted by Crippen LogP contribution is -2.13. The fourth-order valence-corrected chi connectivity index (χ4v) is 2.18. The van der Waals surface area contributed by atoms with Gasteiger partial charge in [0.05, 0.1) is 31.1 Å². The highest BCUT2D eigenvalue weighted by atomic mass is 16.6. The average Bonchev–Trinajstić information content (AvgIpc) is 2.65. The van der Waals surface area contributed by atoms with Gasteiger partial charge in [-0.15, -0.1) is 0 Å². The number of hydrazone groups is 1. The third kappa shape index (κ3) is 5.76. The molecule has 0 radical (unpaired) electrons. The van der Waals surface area contributed by atoms with Gasteiger partial charge < -0.3 is 9.47 Å². The van der Waals surface area contributed by atoms with E-state index in [-0.39, 0.29) is 23.0 Å². The summed E-state index contributed by atoms with van der Waals surface area (Å²) >= 11 is 0. The molecule has 27 heavy (non-hydrogen) atoms. The van der Waals surface area contributed by atoms with Gasteiger partial charge in [-0.25, -0.2) is 9.89 Å². The molecule has 2 N–H and O–H groups in total. The van der Waals surface area contributed by atoms with Gasteiger partial charge in [-0.1, -0.05) is 19.8 Å². The highest BCUT2D eigenvalue weighted by molar-refractivity contribution is 5.83. The molecule has 0 saturated heterocycles. The van der Waals surface area contributed by atoms with E-state index in [0.29, 0.717) is 12.2 Å². The molecule has 144 valence electrons. The highest BCUT2D eigenvalue weighted by Crippen LogP contribution is 2.38. The van der Waals surface area contributed by atoms with Crippen molar-refractivity contribution in [1.82, 2.24) is 15.2 Å². The van der Waals surface area contributed by atoms with Crippen LogP contribution in [0.1, 0.15) is 31.7 Å². The topological polar surface area (TPSA) is 145 Å². The van der Waals surface area contributed by atoms with Crippen LogP contribution < -0.4 is 20.6 Å². The van der Waals surface area contributed by atoms with Crippen molar-refractivity contribution in [3.63, 3.8) is 0 Å². The number of ether oxygens (including phenoxy) is 2. The number of nitrogens with one attached hydrogen (secondary N) is 2. The minimum Gasteiger partial charge on any atom is -0.493 e. The van der Waals surface area contributed by atoms with Crippen LogP contribution in [0.25, 0.3) is 0 Å². The molecule has 2 rings (SSSR count). The first kappa shape index (κ1) is 19.8. The van der Waals surface area contributed by atoms with Crippen molar-refractivity contribution >= 4 is 17.7 Å². The van der Waals surface area contributed by atoms with Gasteiger partial charge in [0.2, 0.25) is 5.75 Å². The zero-order chi connectivity index (χ0) is 19.6. The Morgan fingerprint density at radius 2 is 2.22 bits per heavy atom. The summed E-state index contributed by atoms with van der Waals surface area (Å²) in [6.07, 6.45) is 5.38. The van der Waals surface area contributed by atoms with Crippen LogP contribution in [-0.4, -0.2) is 40.0 Å². The van der Waals surface area contributed by atoms with Crippen molar-refractivity contribution in [2.24, 2.45) is 5.10 Å². The van der Waals surface area contributed by atoms with E-state index in [1.807, 2.05) is 0 Å². The van der Waals surface area contributed by atoms with E-state index in [0.717, 1.165) is 19.3 Å². The molecule has 0 spiro atoms. The predicted molar refractivity (Wildman–Crippen MR) is 98.5 cm³/mol. The van der Waals surface area contributed by atoms with E-state index in [4.69, 9.17) is 9.47 Å². The third-order valence-corrected chi connectivity index (χ3v) is 3.43. The Hall–Kier alpha value is -3.50. The van der Waals surface area contributed by atoms with Crippen molar-refractivity contribution in [1.29, 1.82) is 0 Å². The Labute approximate surface area is 154 Å². The number of nitrogens with zero attached hydrogens (tertiary/aromatic N) is 4. The zero-order valence-electron chi connectivity index (χ0n) is 15.0. The van der Waals surface area contributed by atoms with E-state index in [1.54, 1.807) is 6.07 Å². The van der Waals surface area contributed by atoms with Gasteiger partial charge in [0, 0.05) is 11.6 Å². The number of rotatable bonds is 10. The van der Waals surface area contributed by atoms with Gasteiger partial charge in [-0.3, -0.25) is 15.5 Å². The number of hydrogen-bond acceptors (Lipinski definition) is 9. The van der Waals surface area contributed by atoms with E-state index in [1.165, 1.54) is 25.6 Å². The SMILES string of the molecule is CCCCCOc1c(OC)cc(/C=N/Nc2cn[nH]c(=O)n2)cc1[N+](=O)[O-]. The van der Waals surface area contributed by atoms with Crippen molar-refractivity contribution in [3.8, 4) is 11.5 Å². The molecule has 0 amide bonds. The first-order valence-electron chi connectivity index (χ1n) is 8.25. The number of aromatic amines is 1. The summed E-state index contributed by atoms with van der Waals surface area (Å²) < 4.78 is 10.8. The monoisotopic (exact) mass is 376 g/mol. The summed E-state index contributed by atoms with van der Waals surface area (Å²) in [5.74, 6) is 0.453. The molecule has 1 aromatic heterocycles. The second-order valence-electron chi connectivity index (χ2n) is 5.43. The summed E-state index contributed by atoms with van der Waals surface area (Å²) in [6, 6.07) is 2.89.